The summed E-state index contributed by atoms with van der Waals surface area (Å²) in [5, 5.41) is 22.0. The number of hydrogen-bond acceptors (Lipinski definition) is 7. The number of ketones is 1. The van der Waals surface area contributed by atoms with Gasteiger partial charge in [0.15, 0.2) is 5.78 Å². The third-order valence-electron chi connectivity index (χ3n) is 7.75. The largest absolute Gasteiger partial charge is 0.489 e. The van der Waals surface area contributed by atoms with Gasteiger partial charge in [0.25, 0.3) is 5.69 Å². The first kappa shape index (κ1) is 27.9. The van der Waals surface area contributed by atoms with Gasteiger partial charge in [-0.3, -0.25) is 19.8 Å². The molecule has 3 aromatic carbocycles. The maximum absolute atomic E-state index is 13.6. The summed E-state index contributed by atoms with van der Waals surface area (Å²) in [7, 11) is 0. The minimum atomic E-state index is -0.667. The lowest BCUT2D eigenvalue weighted by Crippen LogP contribution is -2.39. The van der Waals surface area contributed by atoms with Crippen molar-refractivity contribution in [2.45, 2.75) is 52.6 Å². The van der Waals surface area contributed by atoms with Crippen molar-refractivity contribution in [1.29, 1.82) is 5.26 Å². The Kier molecular flexibility index (Phi) is 7.57. The van der Waals surface area contributed by atoms with Crippen LogP contribution in [0, 0.1) is 42.2 Å². The number of aryl methyl sites for hydroxylation is 3. The van der Waals surface area contributed by atoms with Gasteiger partial charge in [-0.25, -0.2) is 0 Å². The maximum Gasteiger partial charge on any atom is 0.289 e. The van der Waals surface area contributed by atoms with Crippen molar-refractivity contribution in [3.63, 3.8) is 0 Å². The first-order chi connectivity index (χ1) is 19.6. The minimum absolute atomic E-state index is 0.0127. The van der Waals surface area contributed by atoms with Gasteiger partial charge in [0, 0.05) is 23.8 Å². The zero-order chi connectivity index (χ0) is 29.4. The fourth-order valence-corrected chi connectivity index (χ4v) is 5.84. The van der Waals surface area contributed by atoms with Gasteiger partial charge < -0.3 is 10.5 Å². The first-order valence-corrected chi connectivity index (χ1v) is 13.7. The fraction of sp³-hybridized carbons (Fsp3) is 0.250. The van der Waals surface area contributed by atoms with Crippen LogP contribution in [0.4, 0.5) is 11.4 Å². The number of allylic oxidation sites excluding steroid dienone is 3. The Morgan fingerprint density at radius 2 is 1.83 bits per heavy atom. The molecule has 1 heterocycles. The third-order valence-corrected chi connectivity index (χ3v) is 8.07. The molecule has 0 spiro atoms. The van der Waals surface area contributed by atoms with E-state index in [1.54, 1.807) is 11.0 Å². The highest BCUT2D eigenvalue weighted by molar-refractivity contribution is 6.32. The van der Waals surface area contributed by atoms with Gasteiger partial charge in [0.05, 0.1) is 28.2 Å². The number of anilines is 1. The molecule has 0 bridgehead atoms. The summed E-state index contributed by atoms with van der Waals surface area (Å²) >= 11 is 6.07. The standard InChI is InChI=1S/C32H29ClN4O4/c1-18-7-10-23(11-8-18)41-17-21-14-24(20(3)13-19(21)2)30-25(16-34)32(35)36(27-5-4-6-29(38)31(27)30)22-9-12-26(33)28(15-22)37(39)40/h7-15,30H,4-6,17,35H2,1-3H3. The molecule has 0 radical (unpaired) electrons. The number of ether oxygens (including phenoxy) is 1. The van der Waals surface area contributed by atoms with Gasteiger partial charge in [0.1, 0.15) is 23.2 Å². The van der Waals surface area contributed by atoms with Gasteiger partial charge in [-0.2, -0.15) is 5.26 Å². The summed E-state index contributed by atoms with van der Waals surface area (Å²) in [5.41, 5.74) is 13.0. The SMILES string of the molecule is Cc1ccc(OCc2cc(C3C(C#N)=C(N)N(c4ccc(Cl)c([N+](=O)[O-])c4)C4=C3C(=O)CCC4)c(C)cc2C)cc1. The van der Waals surface area contributed by atoms with Crippen LogP contribution in [-0.4, -0.2) is 10.7 Å². The van der Waals surface area contributed by atoms with Crippen molar-refractivity contribution in [2.24, 2.45) is 5.73 Å². The second-order valence-corrected chi connectivity index (χ2v) is 10.9. The van der Waals surface area contributed by atoms with E-state index in [1.165, 1.54) is 12.1 Å². The number of rotatable bonds is 6. The number of carbonyl (C=O) groups is 1. The van der Waals surface area contributed by atoms with E-state index in [1.807, 2.05) is 57.2 Å². The van der Waals surface area contributed by atoms with Crippen molar-refractivity contribution in [3.05, 3.63) is 120 Å². The van der Waals surface area contributed by atoms with Gasteiger partial charge in [0.2, 0.25) is 0 Å². The monoisotopic (exact) mass is 568 g/mol. The van der Waals surface area contributed by atoms with Crippen molar-refractivity contribution < 1.29 is 14.5 Å². The topological polar surface area (TPSA) is 122 Å². The molecule has 0 fully saturated rings. The molecule has 2 N–H and O–H groups in total. The number of nitro benzene ring substituents is 1. The molecular weight excluding hydrogens is 540 g/mol. The van der Waals surface area contributed by atoms with Crippen LogP contribution in [0.25, 0.3) is 0 Å². The molecule has 1 unspecified atom stereocenters. The van der Waals surface area contributed by atoms with Crippen LogP contribution in [0.2, 0.25) is 5.02 Å². The van der Waals surface area contributed by atoms with E-state index in [4.69, 9.17) is 22.1 Å². The number of Topliss-reactive ketones (excluding diaryl/α,β-unsaturated/α-hetero) is 1. The second kappa shape index (κ2) is 11.1. The molecule has 41 heavy (non-hydrogen) atoms. The second-order valence-electron chi connectivity index (χ2n) is 10.4. The molecule has 8 nitrogen and oxygen atoms in total. The summed E-state index contributed by atoms with van der Waals surface area (Å²) in [6, 6.07) is 18.5. The van der Waals surface area contributed by atoms with Crippen LogP contribution in [-0.2, 0) is 11.4 Å². The molecule has 5 rings (SSSR count). The summed E-state index contributed by atoms with van der Waals surface area (Å²) in [4.78, 5) is 26.2. The van der Waals surface area contributed by atoms with Crippen LogP contribution in [0.15, 0.2) is 77.3 Å². The summed E-state index contributed by atoms with van der Waals surface area (Å²) in [5.74, 6) is 0.152. The number of nitrogens with zero attached hydrogens (tertiary/aromatic N) is 3. The molecule has 1 aliphatic carbocycles. The van der Waals surface area contributed by atoms with Crippen molar-refractivity contribution in [3.8, 4) is 11.8 Å². The zero-order valence-corrected chi connectivity index (χ0v) is 23.8. The Bertz CT molecular complexity index is 1680. The van der Waals surface area contributed by atoms with Crippen molar-refractivity contribution in [2.75, 3.05) is 4.90 Å². The highest BCUT2D eigenvalue weighted by Crippen LogP contribution is 2.48. The van der Waals surface area contributed by atoms with E-state index >= 15 is 0 Å². The molecule has 208 valence electrons. The van der Waals surface area contributed by atoms with Crippen LogP contribution >= 0.6 is 11.6 Å². The number of carbonyl (C=O) groups excluding carboxylic acids is 1. The Morgan fingerprint density at radius 3 is 2.51 bits per heavy atom. The predicted molar refractivity (Wildman–Crippen MR) is 157 cm³/mol. The number of nitriles is 1. The van der Waals surface area contributed by atoms with E-state index in [-0.39, 0.29) is 27.9 Å². The zero-order valence-electron chi connectivity index (χ0n) is 23.0. The number of benzene rings is 3. The smallest absolute Gasteiger partial charge is 0.289 e. The third kappa shape index (κ3) is 5.17. The van der Waals surface area contributed by atoms with Crippen molar-refractivity contribution >= 4 is 28.8 Å². The van der Waals surface area contributed by atoms with Gasteiger partial charge >= 0.3 is 0 Å². The molecular formula is C32H29ClN4O4. The average molecular weight is 569 g/mol. The quantitative estimate of drug-likeness (QED) is 0.249. The van der Waals surface area contributed by atoms with E-state index in [9.17, 15) is 20.2 Å². The minimum Gasteiger partial charge on any atom is -0.489 e. The van der Waals surface area contributed by atoms with E-state index < -0.39 is 10.8 Å². The van der Waals surface area contributed by atoms with E-state index in [0.29, 0.717) is 42.8 Å². The molecule has 0 aromatic heterocycles. The number of nitro groups is 1. The van der Waals surface area contributed by atoms with E-state index in [2.05, 4.69) is 6.07 Å². The maximum atomic E-state index is 13.6. The first-order valence-electron chi connectivity index (χ1n) is 13.3. The van der Waals surface area contributed by atoms with E-state index in [0.717, 1.165) is 33.6 Å². The lowest BCUT2D eigenvalue weighted by Gasteiger charge is -2.40. The lowest BCUT2D eigenvalue weighted by molar-refractivity contribution is -0.384. The van der Waals surface area contributed by atoms with Gasteiger partial charge in [-0.15, -0.1) is 0 Å². The number of hydrogen-bond donors (Lipinski definition) is 1. The molecule has 1 aliphatic heterocycles. The Balaban J connectivity index is 1.64. The Labute approximate surface area is 243 Å². The normalized spacial score (nSPS) is 16.9. The molecule has 0 saturated carbocycles. The van der Waals surface area contributed by atoms with Crippen LogP contribution in [0.3, 0.4) is 0 Å². The highest BCUT2D eigenvalue weighted by Gasteiger charge is 2.41. The highest BCUT2D eigenvalue weighted by atomic mass is 35.5. The summed E-state index contributed by atoms with van der Waals surface area (Å²) in [6.07, 6.45) is 1.48. The van der Waals surface area contributed by atoms with Gasteiger partial charge in [-0.1, -0.05) is 41.4 Å². The lowest BCUT2D eigenvalue weighted by atomic mass is 9.74. The molecule has 2 aliphatic rings. The Hall–Kier alpha value is -4.61. The van der Waals surface area contributed by atoms with Crippen LogP contribution < -0.4 is 15.4 Å². The Morgan fingerprint density at radius 1 is 1.10 bits per heavy atom. The average Bonchev–Trinajstić information content (AvgIpc) is 2.93. The molecule has 1 atom stereocenters. The fourth-order valence-electron chi connectivity index (χ4n) is 5.65. The molecule has 0 saturated heterocycles. The number of nitrogens with two attached hydrogens (primary N) is 1. The molecule has 9 heteroatoms. The molecule has 3 aromatic rings. The summed E-state index contributed by atoms with van der Waals surface area (Å²) in [6.45, 7) is 6.30. The number of halogens is 1. The van der Waals surface area contributed by atoms with Crippen LogP contribution in [0.1, 0.15) is 53.0 Å². The predicted octanol–water partition coefficient (Wildman–Crippen LogP) is 7.06. The van der Waals surface area contributed by atoms with Gasteiger partial charge in [-0.05, 0) is 80.1 Å². The van der Waals surface area contributed by atoms with Crippen molar-refractivity contribution in [1.82, 2.24) is 0 Å². The molecule has 0 amide bonds. The van der Waals surface area contributed by atoms with Crippen LogP contribution in [0.5, 0.6) is 5.75 Å². The summed E-state index contributed by atoms with van der Waals surface area (Å²) < 4.78 is 6.07.